The van der Waals surface area contributed by atoms with E-state index < -0.39 is 0 Å². The molecule has 0 fully saturated rings. The van der Waals surface area contributed by atoms with Gasteiger partial charge in [-0.15, -0.1) is 22.7 Å². The molecule has 120 valence electrons. The molecule has 0 bridgehead atoms. The Morgan fingerprint density at radius 1 is 0.955 bits per heavy atom. The summed E-state index contributed by atoms with van der Waals surface area (Å²) in [5.41, 5.74) is 1.78. The van der Waals surface area contributed by atoms with Crippen LogP contribution in [0.25, 0.3) is 9.40 Å². The molecule has 2 aromatic rings. The zero-order valence-electron chi connectivity index (χ0n) is 13.3. The summed E-state index contributed by atoms with van der Waals surface area (Å²) >= 11 is 2.79. The van der Waals surface area contributed by atoms with Crippen LogP contribution in [0.5, 0.6) is 0 Å². The van der Waals surface area contributed by atoms with Crippen LogP contribution < -0.4 is 0 Å². The molecule has 22 heavy (non-hydrogen) atoms. The molecule has 6 heteroatoms. The van der Waals surface area contributed by atoms with Crippen molar-refractivity contribution >= 4 is 44.0 Å². The summed E-state index contributed by atoms with van der Waals surface area (Å²) in [4.78, 5) is 25.3. The number of hydrogen-bond acceptors (Lipinski definition) is 6. The fourth-order valence-electron chi connectivity index (χ4n) is 2.24. The van der Waals surface area contributed by atoms with Crippen molar-refractivity contribution < 1.29 is 19.1 Å². The standard InChI is InChI=1S/C16H20O4S2/c1-5-7-8-20-15(18)13-10(4)11-9(3)12(14(17)19-6-2)21-16(11)22-13/h5-8H2,1-4H3. The first-order valence-electron chi connectivity index (χ1n) is 7.37. The van der Waals surface area contributed by atoms with Crippen LogP contribution in [0.1, 0.15) is 57.2 Å². The van der Waals surface area contributed by atoms with Crippen LogP contribution in [0, 0.1) is 13.8 Å². The van der Waals surface area contributed by atoms with Crippen molar-refractivity contribution in [2.45, 2.75) is 40.5 Å². The molecule has 0 aliphatic carbocycles. The largest absolute Gasteiger partial charge is 0.462 e. The predicted octanol–water partition coefficient (Wildman–Crippen LogP) is 4.71. The fourth-order valence-corrected chi connectivity index (χ4v) is 4.89. The number of unbranched alkanes of at least 4 members (excludes halogenated alkanes) is 1. The summed E-state index contributed by atoms with van der Waals surface area (Å²) in [5.74, 6) is -0.559. The Morgan fingerprint density at radius 2 is 1.50 bits per heavy atom. The molecule has 4 nitrogen and oxygen atoms in total. The lowest BCUT2D eigenvalue weighted by atomic mass is 10.1. The second-order valence-corrected chi connectivity index (χ2v) is 7.28. The van der Waals surface area contributed by atoms with Crippen molar-refractivity contribution in [1.82, 2.24) is 0 Å². The fraction of sp³-hybridized carbons (Fsp3) is 0.500. The summed E-state index contributed by atoms with van der Waals surface area (Å²) in [6.07, 6.45) is 1.87. The summed E-state index contributed by atoms with van der Waals surface area (Å²) in [6, 6.07) is 0. The highest BCUT2D eigenvalue weighted by Crippen LogP contribution is 2.41. The maximum Gasteiger partial charge on any atom is 0.348 e. The average molecular weight is 340 g/mol. The van der Waals surface area contributed by atoms with Crippen LogP contribution in [-0.2, 0) is 9.47 Å². The van der Waals surface area contributed by atoms with Crippen molar-refractivity contribution in [2.75, 3.05) is 13.2 Å². The highest BCUT2D eigenvalue weighted by Gasteiger charge is 2.24. The first-order valence-corrected chi connectivity index (χ1v) is 9.01. The molecule has 0 spiro atoms. The molecule has 0 unspecified atom stereocenters. The van der Waals surface area contributed by atoms with Crippen LogP contribution in [0.3, 0.4) is 0 Å². The molecule has 0 amide bonds. The monoisotopic (exact) mass is 340 g/mol. The van der Waals surface area contributed by atoms with E-state index in [-0.39, 0.29) is 11.9 Å². The molecule has 0 aromatic carbocycles. The van der Waals surface area contributed by atoms with E-state index in [1.54, 1.807) is 6.92 Å². The Morgan fingerprint density at radius 3 is 1.95 bits per heavy atom. The van der Waals surface area contributed by atoms with Gasteiger partial charge in [-0.25, -0.2) is 9.59 Å². The van der Waals surface area contributed by atoms with Crippen molar-refractivity contribution in [3.63, 3.8) is 0 Å². The van der Waals surface area contributed by atoms with Crippen LogP contribution in [0.4, 0.5) is 0 Å². The van der Waals surface area contributed by atoms with Gasteiger partial charge in [0.2, 0.25) is 0 Å². The minimum absolute atomic E-state index is 0.267. The smallest absolute Gasteiger partial charge is 0.348 e. The molecule has 2 aromatic heterocycles. The molecule has 0 saturated heterocycles. The van der Waals surface area contributed by atoms with Gasteiger partial charge in [-0.2, -0.15) is 0 Å². The van der Waals surface area contributed by atoms with Crippen LogP contribution in [0.15, 0.2) is 0 Å². The number of ether oxygens (including phenoxy) is 2. The van der Waals surface area contributed by atoms with Crippen molar-refractivity contribution in [3.8, 4) is 0 Å². The van der Waals surface area contributed by atoms with E-state index in [1.807, 2.05) is 13.8 Å². The highest BCUT2D eigenvalue weighted by atomic mass is 32.2. The number of carbonyl (C=O) groups excluding carboxylic acids is 2. The zero-order chi connectivity index (χ0) is 16.3. The van der Waals surface area contributed by atoms with Gasteiger partial charge >= 0.3 is 11.9 Å². The predicted molar refractivity (Wildman–Crippen MR) is 90.3 cm³/mol. The van der Waals surface area contributed by atoms with E-state index in [1.165, 1.54) is 22.7 Å². The number of fused-ring (bicyclic) bond motifs is 1. The molecular formula is C16H20O4S2. The van der Waals surface area contributed by atoms with Gasteiger partial charge < -0.3 is 9.47 Å². The highest BCUT2D eigenvalue weighted by molar-refractivity contribution is 7.40. The molecule has 0 N–H and O–H groups in total. The lowest BCUT2D eigenvalue weighted by Crippen LogP contribution is -2.06. The average Bonchev–Trinajstić information content (AvgIpc) is 2.97. The van der Waals surface area contributed by atoms with Crippen LogP contribution in [-0.4, -0.2) is 25.2 Å². The second-order valence-electron chi connectivity index (χ2n) is 4.98. The van der Waals surface area contributed by atoms with E-state index in [0.29, 0.717) is 23.0 Å². The van der Waals surface area contributed by atoms with Gasteiger partial charge in [-0.3, -0.25) is 0 Å². The van der Waals surface area contributed by atoms with Gasteiger partial charge in [-0.1, -0.05) is 13.3 Å². The first kappa shape index (κ1) is 17.0. The van der Waals surface area contributed by atoms with Gasteiger partial charge in [0.25, 0.3) is 0 Å². The molecule has 0 aliphatic rings. The Kier molecular flexibility index (Phi) is 5.58. The van der Waals surface area contributed by atoms with E-state index in [0.717, 1.165) is 33.4 Å². The third-order valence-electron chi connectivity index (χ3n) is 3.40. The lowest BCUT2D eigenvalue weighted by molar-refractivity contribution is 0.0502. The Hall–Kier alpha value is -1.40. The van der Waals surface area contributed by atoms with Gasteiger partial charge in [-0.05, 0) is 38.3 Å². The maximum absolute atomic E-state index is 12.1. The number of aryl methyl sites for hydroxylation is 2. The molecule has 0 atom stereocenters. The molecular weight excluding hydrogens is 320 g/mol. The Labute approximate surface area is 138 Å². The topological polar surface area (TPSA) is 52.6 Å². The number of thiophene rings is 2. The summed E-state index contributed by atoms with van der Waals surface area (Å²) in [7, 11) is 0. The van der Waals surface area contributed by atoms with Gasteiger partial charge in [0.15, 0.2) is 0 Å². The minimum Gasteiger partial charge on any atom is -0.462 e. The zero-order valence-corrected chi connectivity index (χ0v) is 14.9. The molecule has 0 aliphatic heterocycles. The van der Waals surface area contributed by atoms with Gasteiger partial charge in [0, 0.05) is 5.39 Å². The number of hydrogen-bond donors (Lipinski definition) is 0. The minimum atomic E-state index is -0.292. The second kappa shape index (κ2) is 7.24. The quantitative estimate of drug-likeness (QED) is 0.564. The van der Waals surface area contributed by atoms with E-state index in [9.17, 15) is 9.59 Å². The molecule has 2 rings (SSSR count). The number of carbonyl (C=O) groups is 2. The third-order valence-corrected chi connectivity index (χ3v) is 6.04. The van der Waals surface area contributed by atoms with Crippen molar-refractivity contribution in [1.29, 1.82) is 0 Å². The Balaban J connectivity index is 2.32. The maximum atomic E-state index is 12.1. The van der Waals surface area contributed by atoms with E-state index in [4.69, 9.17) is 9.47 Å². The van der Waals surface area contributed by atoms with Gasteiger partial charge in [0.1, 0.15) is 9.75 Å². The van der Waals surface area contributed by atoms with E-state index in [2.05, 4.69) is 6.92 Å². The lowest BCUT2D eigenvalue weighted by Gasteiger charge is -2.03. The molecule has 2 heterocycles. The summed E-state index contributed by atoms with van der Waals surface area (Å²) < 4.78 is 11.3. The number of esters is 2. The summed E-state index contributed by atoms with van der Waals surface area (Å²) in [5, 5.41) is 0.987. The van der Waals surface area contributed by atoms with Gasteiger partial charge in [0.05, 0.1) is 17.2 Å². The molecule has 0 radical (unpaired) electrons. The first-order chi connectivity index (χ1) is 10.5. The molecule has 0 saturated carbocycles. The number of rotatable bonds is 6. The van der Waals surface area contributed by atoms with Crippen LogP contribution in [0.2, 0.25) is 0 Å². The summed E-state index contributed by atoms with van der Waals surface area (Å²) in [6.45, 7) is 8.46. The SMILES string of the molecule is CCCCOC(=O)c1sc2sc(C(=O)OCC)c(C)c2c1C. The Bertz CT molecular complexity index is 697. The van der Waals surface area contributed by atoms with Crippen molar-refractivity contribution in [3.05, 3.63) is 20.9 Å². The van der Waals surface area contributed by atoms with Crippen LogP contribution >= 0.6 is 22.7 Å². The van der Waals surface area contributed by atoms with Crippen molar-refractivity contribution in [2.24, 2.45) is 0 Å². The van der Waals surface area contributed by atoms with E-state index >= 15 is 0 Å². The normalized spacial score (nSPS) is 10.9. The third kappa shape index (κ3) is 3.17.